The lowest BCUT2D eigenvalue weighted by Crippen LogP contribution is -2.37. The van der Waals surface area contributed by atoms with Crippen LogP contribution in [-0.2, 0) is 4.74 Å². The van der Waals surface area contributed by atoms with E-state index in [0.29, 0.717) is 29.3 Å². The molecule has 0 unspecified atom stereocenters. The maximum absolute atomic E-state index is 12.4. The number of ether oxygens (including phenoxy) is 2. The summed E-state index contributed by atoms with van der Waals surface area (Å²) in [6.07, 6.45) is 2.43. The molecule has 2 aromatic heterocycles. The highest BCUT2D eigenvalue weighted by atomic mass is 16.5. The fourth-order valence-electron chi connectivity index (χ4n) is 4.14. The summed E-state index contributed by atoms with van der Waals surface area (Å²) in [5.41, 5.74) is 14.7. The molecule has 0 radical (unpaired) electrons. The minimum absolute atomic E-state index is 0.0546. The van der Waals surface area contributed by atoms with Crippen molar-refractivity contribution in [3.63, 3.8) is 0 Å². The highest BCUT2D eigenvalue weighted by molar-refractivity contribution is 6.03. The number of rotatable bonds is 8. The molecule has 0 spiro atoms. The van der Waals surface area contributed by atoms with Gasteiger partial charge in [0.2, 0.25) is 0 Å². The van der Waals surface area contributed by atoms with E-state index >= 15 is 0 Å². The first-order valence-corrected chi connectivity index (χ1v) is 11.2. The van der Waals surface area contributed by atoms with Crippen LogP contribution in [0.2, 0.25) is 0 Å². The lowest BCUT2D eigenvalue weighted by molar-refractivity contribution is 0.0358. The average molecular weight is 467 g/mol. The molecule has 1 amide bonds. The Labute approximate surface area is 198 Å². The summed E-state index contributed by atoms with van der Waals surface area (Å²) in [6.45, 7) is 8.36. The predicted molar refractivity (Wildman–Crippen MR) is 128 cm³/mol. The molecular weight excluding hydrogens is 436 g/mol. The molecule has 5 N–H and O–H groups in total. The zero-order valence-electron chi connectivity index (χ0n) is 19.5. The van der Waals surface area contributed by atoms with E-state index in [-0.39, 0.29) is 22.8 Å². The summed E-state index contributed by atoms with van der Waals surface area (Å²) in [4.78, 5) is 19.2. The van der Waals surface area contributed by atoms with Crippen LogP contribution >= 0.6 is 0 Å². The molecule has 0 bridgehead atoms. The van der Waals surface area contributed by atoms with Gasteiger partial charge in [0, 0.05) is 31.4 Å². The number of phenolic OH excluding ortho intramolecular Hbond substituents is 1. The molecule has 0 saturated carbocycles. The Bertz CT molecular complexity index is 1190. The zero-order chi connectivity index (χ0) is 24.2. The van der Waals surface area contributed by atoms with Crippen LogP contribution in [0.1, 0.15) is 27.9 Å². The van der Waals surface area contributed by atoms with Crippen LogP contribution < -0.4 is 16.2 Å². The number of hydrogen-bond donors (Lipinski definition) is 3. The predicted octanol–water partition coefficient (Wildman–Crippen LogP) is 2.04. The number of carbonyl (C=O) groups excluding carboxylic acids is 1. The van der Waals surface area contributed by atoms with E-state index in [2.05, 4.69) is 15.0 Å². The van der Waals surface area contributed by atoms with Gasteiger partial charge in [-0.3, -0.25) is 14.7 Å². The normalized spacial score (nSPS) is 14.3. The second-order valence-electron chi connectivity index (χ2n) is 8.27. The smallest absolute Gasteiger partial charge is 0.254 e. The SMILES string of the molecule is Cc1ccc(O)c(C)c1-n1nc(-c2ncccc2OCCCN2CCOCC2)c(C(N)=O)c1N. The number of nitrogens with zero attached hydrogens (tertiary/aromatic N) is 4. The molecule has 1 saturated heterocycles. The third kappa shape index (κ3) is 4.68. The van der Waals surface area contributed by atoms with E-state index in [1.165, 1.54) is 4.68 Å². The topological polar surface area (TPSA) is 142 Å². The number of aryl methyl sites for hydroxylation is 1. The third-order valence-electron chi connectivity index (χ3n) is 5.96. The van der Waals surface area contributed by atoms with Gasteiger partial charge in [-0.2, -0.15) is 5.10 Å². The second kappa shape index (κ2) is 10.1. The van der Waals surface area contributed by atoms with Crippen molar-refractivity contribution in [2.24, 2.45) is 5.73 Å². The molecule has 1 aliphatic heterocycles. The van der Waals surface area contributed by atoms with E-state index in [0.717, 1.165) is 44.8 Å². The van der Waals surface area contributed by atoms with Crippen LogP contribution in [0.25, 0.3) is 17.1 Å². The second-order valence-corrected chi connectivity index (χ2v) is 8.27. The van der Waals surface area contributed by atoms with Gasteiger partial charge in [0.15, 0.2) is 0 Å². The first-order chi connectivity index (χ1) is 16.4. The molecule has 4 rings (SSSR count). The fraction of sp³-hybridized carbons (Fsp3) is 0.375. The van der Waals surface area contributed by atoms with Crippen LogP contribution in [0, 0.1) is 13.8 Å². The number of primary amides is 1. The Balaban J connectivity index is 1.65. The zero-order valence-corrected chi connectivity index (χ0v) is 19.5. The summed E-state index contributed by atoms with van der Waals surface area (Å²) in [6, 6.07) is 6.90. The molecule has 180 valence electrons. The first kappa shape index (κ1) is 23.5. The molecule has 34 heavy (non-hydrogen) atoms. The van der Waals surface area contributed by atoms with Crippen molar-refractivity contribution in [2.45, 2.75) is 20.3 Å². The summed E-state index contributed by atoms with van der Waals surface area (Å²) in [5.74, 6) is -0.0675. The number of morpholine rings is 1. The summed E-state index contributed by atoms with van der Waals surface area (Å²) < 4.78 is 12.8. The van der Waals surface area contributed by atoms with E-state index in [4.69, 9.17) is 20.9 Å². The Morgan fingerprint density at radius 2 is 1.97 bits per heavy atom. The van der Waals surface area contributed by atoms with Gasteiger partial charge in [-0.05, 0) is 44.0 Å². The van der Waals surface area contributed by atoms with Crippen molar-refractivity contribution in [3.8, 4) is 28.6 Å². The summed E-state index contributed by atoms with van der Waals surface area (Å²) >= 11 is 0. The number of anilines is 1. The third-order valence-corrected chi connectivity index (χ3v) is 5.96. The highest BCUT2D eigenvalue weighted by Crippen LogP contribution is 2.36. The Morgan fingerprint density at radius 3 is 2.71 bits per heavy atom. The van der Waals surface area contributed by atoms with Gasteiger partial charge >= 0.3 is 0 Å². The van der Waals surface area contributed by atoms with E-state index < -0.39 is 5.91 Å². The van der Waals surface area contributed by atoms with Gasteiger partial charge in [0.05, 0.1) is 25.5 Å². The van der Waals surface area contributed by atoms with Gasteiger partial charge in [-0.1, -0.05) is 6.07 Å². The van der Waals surface area contributed by atoms with Gasteiger partial charge in [0.25, 0.3) is 5.91 Å². The minimum atomic E-state index is -0.724. The van der Waals surface area contributed by atoms with Crippen LogP contribution in [-0.4, -0.2) is 70.1 Å². The number of nitrogen functional groups attached to an aromatic ring is 1. The number of aromatic hydroxyl groups is 1. The van der Waals surface area contributed by atoms with Crippen LogP contribution in [0.5, 0.6) is 11.5 Å². The van der Waals surface area contributed by atoms with E-state index in [1.54, 1.807) is 37.4 Å². The van der Waals surface area contributed by atoms with Gasteiger partial charge in [0.1, 0.15) is 34.3 Å². The van der Waals surface area contributed by atoms with Crippen molar-refractivity contribution in [2.75, 3.05) is 45.2 Å². The summed E-state index contributed by atoms with van der Waals surface area (Å²) in [7, 11) is 0. The molecule has 3 heterocycles. The van der Waals surface area contributed by atoms with Crippen molar-refractivity contribution < 1.29 is 19.4 Å². The van der Waals surface area contributed by atoms with Crippen molar-refractivity contribution in [3.05, 3.63) is 47.2 Å². The Kier molecular flexibility index (Phi) is 6.99. The number of aromatic nitrogens is 3. The fourth-order valence-corrected chi connectivity index (χ4v) is 4.14. The summed E-state index contributed by atoms with van der Waals surface area (Å²) in [5, 5.41) is 14.8. The maximum atomic E-state index is 12.4. The lowest BCUT2D eigenvalue weighted by Gasteiger charge is -2.26. The molecule has 1 aromatic carbocycles. The quantitative estimate of drug-likeness (QED) is 0.428. The van der Waals surface area contributed by atoms with E-state index in [1.807, 2.05) is 6.92 Å². The monoisotopic (exact) mass is 466 g/mol. The van der Waals surface area contributed by atoms with Gasteiger partial charge in [-0.25, -0.2) is 4.68 Å². The Hall–Kier alpha value is -3.63. The van der Waals surface area contributed by atoms with Gasteiger partial charge < -0.3 is 26.0 Å². The number of phenols is 1. The number of carbonyl (C=O) groups is 1. The molecule has 1 fully saturated rings. The minimum Gasteiger partial charge on any atom is -0.508 e. The number of benzene rings is 1. The average Bonchev–Trinajstić information content (AvgIpc) is 3.17. The number of amides is 1. The highest BCUT2D eigenvalue weighted by Gasteiger charge is 2.27. The molecule has 10 heteroatoms. The number of pyridine rings is 1. The lowest BCUT2D eigenvalue weighted by atomic mass is 10.1. The molecule has 1 aliphatic rings. The van der Waals surface area contributed by atoms with Crippen LogP contribution in [0.15, 0.2) is 30.5 Å². The number of hydrogen-bond acceptors (Lipinski definition) is 8. The number of nitrogens with two attached hydrogens (primary N) is 2. The molecule has 0 atom stereocenters. The standard InChI is InChI=1S/C24H30N6O4/c1-15-6-7-17(31)16(2)22(15)30-23(25)19(24(26)32)21(28-30)20-18(5-3-8-27-20)34-12-4-9-29-10-13-33-14-11-29/h3,5-8,31H,4,9-14,25H2,1-2H3,(H2,26,32). The first-order valence-electron chi connectivity index (χ1n) is 11.2. The van der Waals surface area contributed by atoms with Crippen molar-refractivity contribution in [1.82, 2.24) is 19.7 Å². The van der Waals surface area contributed by atoms with Crippen molar-refractivity contribution in [1.29, 1.82) is 0 Å². The molecule has 3 aromatic rings. The molecular formula is C24H30N6O4. The Morgan fingerprint density at radius 1 is 1.21 bits per heavy atom. The molecule has 10 nitrogen and oxygen atoms in total. The maximum Gasteiger partial charge on any atom is 0.254 e. The van der Waals surface area contributed by atoms with E-state index in [9.17, 15) is 9.90 Å². The largest absolute Gasteiger partial charge is 0.508 e. The van der Waals surface area contributed by atoms with Crippen LogP contribution in [0.3, 0.4) is 0 Å². The molecule has 0 aliphatic carbocycles. The van der Waals surface area contributed by atoms with Gasteiger partial charge in [-0.15, -0.1) is 0 Å². The van der Waals surface area contributed by atoms with Crippen molar-refractivity contribution >= 4 is 11.7 Å². The van der Waals surface area contributed by atoms with Crippen LogP contribution in [0.4, 0.5) is 5.82 Å².